The van der Waals surface area contributed by atoms with Gasteiger partial charge in [-0.05, 0) is 71.9 Å². The molecular formula is C35H38F4N6O5. The van der Waals surface area contributed by atoms with Crippen LogP contribution in [-0.4, -0.2) is 50.6 Å². The zero-order valence-corrected chi connectivity index (χ0v) is 28.5. The number of amides is 3. The van der Waals surface area contributed by atoms with Gasteiger partial charge >= 0.3 is 18.4 Å². The number of hydrogen-bond acceptors (Lipinski definition) is 7. The van der Waals surface area contributed by atoms with Gasteiger partial charge in [0.05, 0.1) is 39.9 Å². The molecule has 4 aromatic rings. The normalized spacial score (nSPS) is 12.5. The van der Waals surface area contributed by atoms with E-state index in [1.54, 1.807) is 71.9 Å². The number of rotatable bonds is 8. The van der Waals surface area contributed by atoms with Crippen LogP contribution in [0.4, 0.5) is 32.8 Å². The zero-order chi connectivity index (χ0) is 37.0. The molecule has 0 saturated carbocycles. The number of aromatic nitrogens is 3. The van der Waals surface area contributed by atoms with Crippen molar-refractivity contribution in [2.45, 2.75) is 65.0 Å². The van der Waals surface area contributed by atoms with E-state index in [0.29, 0.717) is 5.56 Å². The van der Waals surface area contributed by atoms with E-state index in [9.17, 15) is 27.6 Å². The van der Waals surface area contributed by atoms with Gasteiger partial charge < -0.3 is 25.4 Å². The molecule has 0 bridgehead atoms. The van der Waals surface area contributed by atoms with Crippen molar-refractivity contribution in [2.24, 2.45) is 7.05 Å². The van der Waals surface area contributed by atoms with Crippen LogP contribution in [0.1, 0.15) is 69.2 Å². The number of halogens is 4. The number of carbonyl (C=O) groups excluding carboxylic acids is 3. The molecule has 0 radical (unpaired) electrons. The Kier molecular flexibility index (Phi) is 10.9. The molecule has 50 heavy (non-hydrogen) atoms. The van der Waals surface area contributed by atoms with Gasteiger partial charge in [-0.2, -0.15) is 18.3 Å². The standard InChI is InChI=1S/C35H38F4N6O5/c1-33(2,3)49-31(47)40-19-28(43-32(48)50-34(4,5)6)26-13-14-27(29(41-26)20-11-9-8-10-12-20)42-30(46)22-17-21(25-15-16-45(7)44-25)23(18-24(22)36)35(37,38)39/h8-18,28H,19H2,1-7H3,(H,40,47)(H,42,46)(H,43,48). The number of alkyl carbamates (subject to hydrolysis) is 2. The Morgan fingerprint density at radius 1 is 0.880 bits per heavy atom. The second kappa shape index (κ2) is 14.6. The Hall–Kier alpha value is -5.47. The van der Waals surface area contributed by atoms with Gasteiger partial charge in [0.15, 0.2) is 0 Å². The highest BCUT2D eigenvalue weighted by molar-refractivity contribution is 6.07. The molecule has 11 nitrogen and oxygen atoms in total. The lowest BCUT2D eigenvalue weighted by atomic mass is 9.99. The van der Waals surface area contributed by atoms with Crippen LogP contribution in [0.5, 0.6) is 0 Å². The number of aryl methyl sites for hydroxylation is 1. The molecule has 0 fully saturated rings. The molecule has 15 heteroatoms. The van der Waals surface area contributed by atoms with Gasteiger partial charge in [0, 0.05) is 30.9 Å². The van der Waals surface area contributed by atoms with Crippen molar-refractivity contribution in [2.75, 3.05) is 11.9 Å². The average molecular weight is 699 g/mol. The lowest BCUT2D eigenvalue weighted by Gasteiger charge is -2.25. The van der Waals surface area contributed by atoms with E-state index in [0.717, 1.165) is 6.07 Å². The number of nitrogens with zero attached hydrogens (tertiary/aromatic N) is 3. The van der Waals surface area contributed by atoms with Gasteiger partial charge in [-0.3, -0.25) is 9.48 Å². The molecule has 266 valence electrons. The molecule has 2 heterocycles. The van der Waals surface area contributed by atoms with Crippen LogP contribution >= 0.6 is 0 Å². The Labute approximate surface area is 286 Å². The summed E-state index contributed by atoms with van der Waals surface area (Å²) in [6.45, 7) is 9.96. The first-order valence-electron chi connectivity index (χ1n) is 15.4. The van der Waals surface area contributed by atoms with Crippen LogP contribution < -0.4 is 16.0 Å². The minimum Gasteiger partial charge on any atom is -0.444 e. The predicted molar refractivity (Wildman–Crippen MR) is 178 cm³/mol. The highest BCUT2D eigenvalue weighted by atomic mass is 19.4. The molecule has 4 rings (SSSR count). The first-order valence-corrected chi connectivity index (χ1v) is 15.4. The molecule has 0 saturated heterocycles. The highest BCUT2D eigenvalue weighted by Gasteiger charge is 2.36. The number of nitrogens with one attached hydrogen (secondary N) is 3. The van der Waals surface area contributed by atoms with Crippen molar-refractivity contribution in [3.05, 3.63) is 89.5 Å². The largest absolute Gasteiger partial charge is 0.444 e. The molecule has 0 spiro atoms. The summed E-state index contributed by atoms with van der Waals surface area (Å²) >= 11 is 0. The zero-order valence-electron chi connectivity index (χ0n) is 28.5. The summed E-state index contributed by atoms with van der Waals surface area (Å²) in [7, 11) is 1.51. The summed E-state index contributed by atoms with van der Waals surface area (Å²) in [5, 5.41) is 11.9. The third-order valence-electron chi connectivity index (χ3n) is 6.76. The smallest absolute Gasteiger partial charge is 0.417 e. The summed E-state index contributed by atoms with van der Waals surface area (Å²) in [6, 6.07) is 12.9. The third kappa shape index (κ3) is 10.0. The number of alkyl halides is 3. The molecule has 0 aliphatic heterocycles. The maximum absolute atomic E-state index is 15.2. The first kappa shape index (κ1) is 37.4. The Balaban J connectivity index is 1.74. The average Bonchev–Trinajstić information content (AvgIpc) is 3.43. The van der Waals surface area contributed by atoms with Crippen LogP contribution in [0.2, 0.25) is 0 Å². The minimum atomic E-state index is -4.93. The van der Waals surface area contributed by atoms with Crippen molar-refractivity contribution in [1.82, 2.24) is 25.4 Å². The van der Waals surface area contributed by atoms with Crippen LogP contribution in [-0.2, 0) is 22.7 Å². The maximum Gasteiger partial charge on any atom is 0.417 e. The van der Waals surface area contributed by atoms with E-state index >= 15 is 4.39 Å². The summed E-state index contributed by atoms with van der Waals surface area (Å²) < 4.78 is 68.9. The van der Waals surface area contributed by atoms with Crippen molar-refractivity contribution >= 4 is 23.8 Å². The lowest BCUT2D eigenvalue weighted by Crippen LogP contribution is -2.42. The van der Waals surface area contributed by atoms with Crippen molar-refractivity contribution in [3.8, 4) is 22.5 Å². The fourth-order valence-corrected chi connectivity index (χ4v) is 4.71. The molecule has 1 unspecified atom stereocenters. The van der Waals surface area contributed by atoms with E-state index in [2.05, 4.69) is 21.0 Å². The number of ether oxygens (including phenoxy) is 2. The van der Waals surface area contributed by atoms with E-state index < -0.39 is 64.0 Å². The molecule has 0 aliphatic carbocycles. The van der Waals surface area contributed by atoms with Gasteiger partial charge in [-0.1, -0.05) is 30.3 Å². The summed E-state index contributed by atoms with van der Waals surface area (Å²) in [5.74, 6) is -2.44. The number of anilines is 1. The van der Waals surface area contributed by atoms with Crippen molar-refractivity contribution in [1.29, 1.82) is 0 Å². The summed E-state index contributed by atoms with van der Waals surface area (Å²) in [4.78, 5) is 43.5. The summed E-state index contributed by atoms with van der Waals surface area (Å²) in [6.07, 6.45) is -5.04. The van der Waals surface area contributed by atoms with E-state index in [1.807, 2.05) is 0 Å². The van der Waals surface area contributed by atoms with Crippen LogP contribution in [0.25, 0.3) is 22.5 Å². The maximum atomic E-state index is 15.2. The second-order valence-corrected chi connectivity index (χ2v) is 13.3. The van der Waals surface area contributed by atoms with Crippen LogP contribution in [0, 0.1) is 5.82 Å². The van der Waals surface area contributed by atoms with Crippen LogP contribution in [0.3, 0.4) is 0 Å². The molecular weight excluding hydrogens is 660 g/mol. The minimum absolute atomic E-state index is 0.0831. The molecule has 2 aromatic heterocycles. The highest BCUT2D eigenvalue weighted by Crippen LogP contribution is 2.38. The predicted octanol–water partition coefficient (Wildman–Crippen LogP) is 7.65. The molecule has 1 atom stereocenters. The van der Waals surface area contributed by atoms with Gasteiger partial charge in [-0.25, -0.2) is 19.0 Å². The monoisotopic (exact) mass is 698 g/mol. The van der Waals surface area contributed by atoms with E-state index in [4.69, 9.17) is 14.5 Å². The summed E-state index contributed by atoms with van der Waals surface area (Å²) in [5.41, 5.74) is -3.15. The molecule has 0 aliphatic rings. The fourth-order valence-electron chi connectivity index (χ4n) is 4.71. The topological polar surface area (TPSA) is 136 Å². The Bertz CT molecular complexity index is 1860. The Morgan fingerprint density at radius 3 is 2.10 bits per heavy atom. The van der Waals surface area contributed by atoms with Gasteiger partial charge in [0.1, 0.15) is 17.0 Å². The van der Waals surface area contributed by atoms with Gasteiger partial charge in [0.2, 0.25) is 0 Å². The van der Waals surface area contributed by atoms with E-state index in [-0.39, 0.29) is 35.4 Å². The number of hydrogen-bond donors (Lipinski definition) is 3. The molecule has 3 N–H and O–H groups in total. The quantitative estimate of drug-likeness (QED) is 0.161. The first-order chi connectivity index (χ1) is 23.2. The van der Waals surface area contributed by atoms with Gasteiger partial charge in [-0.15, -0.1) is 0 Å². The third-order valence-corrected chi connectivity index (χ3v) is 6.76. The molecule has 2 aromatic carbocycles. The lowest BCUT2D eigenvalue weighted by molar-refractivity contribution is -0.137. The van der Waals surface area contributed by atoms with Gasteiger partial charge in [0.25, 0.3) is 5.91 Å². The number of pyridine rings is 1. The number of benzene rings is 2. The Morgan fingerprint density at radius 2 is 1.52 bits per heavy atom. The van der Waals surface area contributed by atoms with Crippen LogP contribution in [0.15, 0.2) is 66.9 Å². The van der Waals surface area contributed by atoms with Crippen molar-refractivity contribution in [3.63, 3.8) is 0 Å². The van der Waals surface area contributed by atoms with Crippen molar-refractivity contribution < 1.29 is 41.4 Å². The second-order valence-electron chi connectivity index (χ2n) is 13.3. The molecule has 3 amide bonds. The SMILES string of the molecule is Cn1ccc(-c2cc(C(=O)Nc3ccc(C(CNC(=O)OC(C)(C)C)NC(=O)OC(C)(C)C)nc3-c3ccccc3)c(F)cc2C(F)(F)F)n1. The van der Waals surface area contributed by atoms with E-state index in [1.165, 1.54) is 36.1 Å². The fraction of sp³-hybridized carbons (Fsp3) is 0.343. The number of carbonyl (C=O) groups is 3.